The largest absolute Gasteiger partial charge is 0.390 e. The topological polar surface area (TPSA) is 56.2 Å². The fourth-order valence-corrected chi connectivity index (χ4v) is 3.55. The molecule has 2 aromatic heterocycles. The standard InChI is InChI=1S/C17H12F5NO2S/c18-12-11(13(19)15(21)16(22)14(12)20)17(25)10-4-3-9(26-10)5-7-1-2-8(6-24)23-7/h1-4,17,23-25H,5-6H2. The van der Waals surface area contributed by atoms with Crippen LogP contribution < -0.4 is 0 Å². The van der Waals surface area contributed by atoms with Gasteiger partial charge in [-0.1, -0.05) is 0 Å². The Morgan fingerprint density at radius 3 is 2.00 bits per heavy atom. The highest BCUT2D eigenvalue weighted by atomic mass is 32.1. The molecule has 1 unspecified atom stereocenters. The predicted molar refractivity (Wildman–Crippen MR) is 84.1 cm³/mol. The second-order valence-electron chi connectivity index (χ2n) is 5.53. The van der Waals surface area contributed by atoms with Gasteiger partial charge >= 0.3 is 0 Å². The Bertz CT molecular complexity index is 924. The number of rotatable bonds is 5. The van der Waals surface area contributed by atoms with E-state index in [-0.39, 0.29) is 11.5 Å². The van der Waals surface area contributed by atoms with Crippen LogP contribution in [0.25, 0.3) is 0 Å². The Balaban J connectivity index is 1.90. The van der Waals surface area contributed by atoms with Crippen LogP contribution in [0.2, 0.25) is 0 Å². The smallest absolute Gasteiger partial charge is 0.200 e. The lowest BCUT2D eigenvalue weighted by Gasteiger charge is -2.13. The molecule has 0 amide bonds. The minimum atomic E-state index is -2.27. The quantitative estimate of drug-likeness (QED) is 0.352. The first kappa shape index (κ1) is 18.6. The van der Waals surface area contributed by atoms with Crippen LogP contribution in [0.1, 0.15) is 32.8 Å². The molecule has 0 aliphatic heterocycles. The van der Waals surface area contributed by atoms with Crippen LogP contribution in [-0.4, -0.2) is 15.2 Å². The van der Waals surface area contributed by atoms with Gasteiger partial charge in [-0.25, -0.2) is 22.0 Å². The predicted octanol–water partition coefficient (Wildman–Crippen LogP) is 3.94. The number of H-pyrrole nitrogens is 1. The Hall–Kier alpha value is -2.23. The van der Waals surface area contributed by atoms with Crippen molar-refractivity contribution >= 4 is 11.3 Å². The summed E-state index contributed by atoms with van der Waals surface area (Å²) in [5.74, 6) is -10.6. The summed E-state index contributed by atoms with van der Waals surface area (Å²) >= 11 is 0.976. The lowest BCUT2D eigenvalue weighted by Crippen LogP contribution is -2.11. The van der Waals surface area contributed by atoms with Gasteiger partial charge in [0.05, 0.1) is 12.2 Å². The molecule has 3 rings (SSSR count). The van der Waals surface area contributed by atoms with Gasteiger partial charge in [0.1, 0.15) is 6.10 Å². The van der Waals surface area contributed by atoms with Gasteiger partial charge in [-0.05, 0) is 24.3 Å². The number of hydrogen-bond acceptors (Lipinski definition) is 3. The van der Waals surface area contributed by atoms with Gasteiger partial charge in [-0.15, -0.1) is 11.3 Å². The summed E-state index contributed by atoms with van der Waals surface area (Å²) in [5.41, 5.74) is 0.0867. The van der Waals surface area contributed by atoms with Crippen LogP contribution >= 0.6 is 11.3 Å². The molecule has 0 fully saturated rings. The van der Waals surface area contributed by atoms with E-state index in [9.17, 15) is 27.1 Å². The Morgan fingerprint density at radius 1 is 0.846 bits per heavy atom. The Morgan fingerprint density at radius 2 is 1.42 bits per heavy atom. The molecule has 0 aliphatic rings. The van der Waals surface area contributed by atoms with E-state index in [0.29, 0.717) is 17.0 Å². The molecule has 138 valence electrons. The highest BCUT2D eigenvalue weighted by molar-refractivity contribution is 7.12. The molecule has 2 heterocycles. The zero-order valence-corrected chi connectivity index (χ0v) is 13.8. The van der Waals surface area contributed by atoms with Gasteiger partial charge in [0.15, 0.2) is 23.3 Å². The summed E-state index contributed by atoms with van der Waals surface area (Å²) in [6.45, 7) is -0.158. The minimum Gasteiger partial charge on any atom is -0.390 e. The van der Waals surface area contributed by atoms with Crippen LogP contribution in [-0.2, 0) is 13.0 Å². The summed E-state index contributed by atoms with van der Waals surface area (Å²) < 4.78 is 67.4. The molecule has 3 N–H and O–H groups in total. The van der Waals surface area contributed by atoms with Crippen molar-refractivity contribution in [1.82, 2.24) is 4.98 Å². The molecule has 9 heteroatoms. The first-order valence-electron chi connectivity index (χ1n) is 7.39. The van der Waals surface area contributed by atoms with Crippen LogP contribution in [0, 0.1) is 29.1 Å². The van der Waals surface area contributed by atoms with E-state index in [4.69, 9.17) is 5.11 Å². The number of thiophene rings is 1. The maximum atomic E-state index is 13.8. The maximum absolute atomic E-state index is 13.8. The van der Waals surface area contributed by atoms with Crippen LogP contribution in [0.15, 0.2) is 24.3 Å². The van der Waals surface area contributed by atoms with Crippen molar-refractivity contribution in [3.63, 3.8) is 0 Å². The summed E-state index contributed by atoms with van der Waals surface area (Å²) in [6.07, 6.45) is -1.61. The minimum absolute atomic E-state index is 0.0390. The van der Waals surface area contributed by atoms with E-state index in [1.165, 1.54) is 6.07 Å². The Kier molecular flexibility index (Phi) is 5.12. The van der Waals surface area contributed by atoms with E-state index >= 15 is 0 Å². The van der Waals surface area contributed by atoms with E-state index in [2.05, 4.69) is 4.98 Å². The lowest BCUT2D eigenvalue weighted by atomic mass is 10.1. The summed E-state index contributed by atoms with van der Waals surface area (Å²) in [7, 11) is 0. The zero-order chi connectivity index (χ0) is 19.0. The van der Waals surface area contributed by atoms with E-state index in [0.717, 1.165) is 17.0 Å². The third kappa shape index (κ3) is 3.25. The summed E-state index contributed by atoms with van der Waals surface area (Å²) in [5, 5.41) is 19.2. The number of aromatic amines is 1. The molecule has 0 radical (unpaired) electrons. The van der Waals surface area contributed by atoms with Crippen molar-refractivity contribution in [1.29, 1.82) is 0 Å². The van der Waals surface area contributed by atoms with Crippen molar-refractivity contribution in [2.24, 2.45) is 0 Å². The third-order valence-electron chi connectivity index (χ3n) is 3.81. The fourth-order valence-electron chi connectivity index (χ4n) is 2.51. The second kappa shape index (κ2) is 7.18. The van der Waals surface area contributed by atoms with Gasteiger partial charge in [-0.2, -0.15) is 0 Å². The van der Waals surface area contributed by atoms with Crippen LogP contribution in [0.4, 0.5) is 22.0 Å². The number of aromatic nitrogens is 1. The Labute approximate surface area is 148 Å². The van der Waals surface area contributed by atoms with Crippen LogP contribution in [0.5, 0.6) is 0 Å². The molecule has 1 atom stereocenters. The molecule has 0 saturated heterocycles. The number of aliphatic hydroxyl groups is 2. The molecule has 1 aromatic carbocycles. The molecular formula is C17H12F5NO2S. The molecule has 0 bridgehead atoms. The first-order valence-corrected chi connectivity index (χ1v) is 8.20. The number of hydrogen-bond donors (Lipinski definition) is 3. The normalized spacial score (nSPS) is 12.6. The van der Waals surface area contributed by atoms with Crippen molar-refractivity contribution < 1.29 is 32.2 Å². The average molecular weight is 389 g/mol. The monoisotopic (exact) mass is 389 g/mol. The second-order valence-corrected chi connectivity index (χ2v) is 6.73. The van der Waals surface area contributed by atoms with Crippen molar-refractivity contribution in [3.8, 4) is 0 Å². The molecule has 3 aromatic rings. The number of benzene rings is 1. The van der Waals surface area contributed by atoms with Gasteiger partial charge < -0.3 is 15.2 Å². The lowest BCUT2D eigenvalue weighted by molar-refractivity contribution is 0.206. The average Bonchev–Trinajstić information content (AvgIpc) is 3.28. The van der Waals surface area contributed by atoms with Gasteiger partial charge in [-0.3, -0.25) is 0 Å². The third-order valence-corrected chi connectivity index (χ3v) is 4.95. The van der Waals surface area contributed by atoms with Gasteiger partial charge in [0, 0.05) is 27.6 Å². The molecular weight excluding hydrogens is 377 g/mol. The van der Waals surface area contributed by atoms with Crippen LogP contribution in [0.3, 0.4) is 0 Å². The number of aliphatic hydroxyl groups excluding tert-OH is 2. The molecule has 26 heavy (non-hydrogen) atoms. The molecule has 3 nitrogen and oxygen atoms in total. The van der Waals surface area contributed by atoms with E-state index in [1.807, 2.05) is 0 Å². The van der Waals surface area contributed by atoms with Gasteiger partial charge in [0.2, 0.25) is 5.82 Å². The van der Waals surface area contributed by atoms with Crippen molar-refractivity contribution in [2.45, 2.75) is 19.1 Å². The molecule has 0 saturated carbocycles. The maximum Gasteiger partial charge on any atom is 0.200 e. The zero-order valence-electron chi connectivity index (χ0n) is 13.0. The highest BCUT2D eigenvalue weighted by Crippen LogP contribution is 2.34. The van der Waals surface area contributed by atoms with Crippen molar-refractivity contribution in [2.75, 3.05) is 0 Å². The van der Waals surface area contributed by atoms with Crippen molar-refractivity contribution in [3.05, 3.63) is 80.1 Å². The fraction of sp³-hybridized carbons (Fsp3) is 0.176. The molecule has 0 aliphatic carbocycles. The number of halogens is 5. The first-order chi connectivity index (χ1) is 12.3. The van der Waals surface area contributed by atoms with E-state index < -0.39 is 40.8 Å². The summed E-state index contributed by atoms with van der Waals surface area (Å²) in [4.78, 5) is 3.68. The highest BCUT2D eigenvalue weighted by Gasteiger charge is 2.30. The number of nitrogens with one attached hydrogen (secondary N) is 1. The molecule has 0 spiro atoms. The van der Waals surface area contributed by atoms with E-state index in [1.54, 1.807) is 18.2 Å². The SMILES string of the molecule is OCc1ccc(Cc2ccc(C(O)c3c(F)c(F)c(F)c(F)c3F)s2)[nH]1. The summed E-state index contributed by atoms with van der Waals surface area (Å²) in [6, 6.07) is 6.37. The van der Waals surface area contributed by atoms with Gasteiger partial charge in [0.25, 0.3) is 0 Å².